The van der Waals surface area contributed by atoms with Crippen LogP contribution in [-0.2, 0) is 6.61 Å². The average Bonchev–Trinajstić information content (AvgIpc) is 2.63. The van der Waals surface area contributed by atoms with Crippen LogP contribution in [0.25, 0.3) is 0 Å². The van der Waals surface area contributed by atoms with E-state index in [2.05, 4.69) is 4.98 Å². The zero-order valence-corrected chi connectivity index (χ0v) is 12.7. The number of aromatic nitrogens is 1. The molecule has 0 atom stereocenters. The lowest BCUT2D eigenvalue weighted by Crippen LogP contribution is -2.09. The zero-order chi connectivity index (χ0) is 16.8. The van der Waals surface area contributed by atoms with Gasteiger partial charge in [0.1, 0.15) is 12.4 Å². The van der Waals surface area contributed by atoms with Gasteiger partial charge in [0.05, 0.1) is 5.56 Å². The summed E-state index contributed by atoms with van der Waals surface area (Å²) in [5.41, 5.74) is 1.19. The molecular formula is C19H14FNO3. The number of nitrogens with zero attached hydrogens (tertiary/aromatic N) is 1. The highest BCUT2D eigenvalue weighted by Gasteiger charge is 2.12. The van der Waals surface area contributed by atoms with Crippen molar-refractivity contribution < 1.29 is 18.7 Å². The first-order chi connectivity index (χ1) is 11.7. The number of ether oxygens (including phenoxy) is 2. The van der Waals surface area contributed by atoms with Crippen molar-refractivity contribution in [3.63, 3.8) is 0 Å². The van der Waals surface area contributed by atoms with Gasteiger partial charge < -0.3 is 9.47 Å². The van der Waals surface area contributed by atoms with E-state index >= 15 is 0 Å². The molecule has 0 fully saturated rings. The minimum atomic E-state index is -0.646. The van der Waals surface area contributed by atoms with Crippen LogP contribution in [0.15, 0.2) is 73.1 Å². The van der Waals surface area contributed by atoms with Gasteiger partial charge in [0, 0.05) is 18.0 Å². The summed E-state index contributed by atoms with van der Waals surface area (Å²) in [6.45, 7) is 0.333. The van der Waals surface area contributed by atoms with Crippen LogP contribution >= 0.6 is 0 Å². The first-order valence-electron chi connectivity index (χ1n) is 7.31. The van der Waals surface area contributed by atoms with Gasteiger partial charge in [-0.3, -0.25) is 4.98 Å². The van der Waals surface area contributed by atoms with Gasteiger partial charge in [0.15, 0.2) is 11.6 Å². The van der Waals surface area contributed by atoms with Crippen LogP contribution in [0.2, 0.25) is 0 Å². The van der Waals surface area contributed by atoms with E-state index in [4.69, 9.17) is 9.47 Å². The SMILES string of the molecule is O=C(Oc1ccccc1F)c1cccc(OCc2cccnc2)c1. The predicted octanol–water partition coefficient (Wildman–Crippen LogP) is 4.02. The normalized spacial score (nSPS) is 10.2. The van der Waals surface area contributed by atoms with E-state index < -0.39 is 11.8 Å². The lowest BCUT2D eigenvalue weighted by molar-refractivity contribution is 0.0727. The van der Waals surface area contributed by atoms with Gasteiger partial charge >= 0.3 is 5.97 Å². The van der Waals surface area contributed by atoms with Crippen LogP contribution in [0, 0.1) is 5.82 Å². The largest absolute Gasteiger partial charge is 0.489 e. The molecule has 3 rings (SSSR count). The standard InChI is InChI=1S/C19H14FNO3/c20-17-8-1-2-9-18(17)24-19(22)15-6-3-7-16(11-15)23-13-14-5-4-10-21-12-14/h1-12H,13H2. The molecular weight excluding hydrogens is 309 g/mol. The van der Waals surface area contributed by atoms with Gasteiger partial charge in [0.25, 0.3) is 0 Å². The summed E-state index contributed by atoms with van der Waals surface area (Å²) in [6, 6.07) is 16.0. The maximum absolute atomic E-state index is 13.5. The van der Waals surface area contributed by atoms with Crippen LogP contribution in [-0.4, -0.2) is 11.0 Å². The fraction of sp³-hybridized carbons (Fsp3) is 0.0526. The summed E-state index contributed by atoms with van der Waals surface area (Å²) in [4.78, 5) is 16.1. The monoisotopic (exact) mass is 323 g/mol. The third-order valence-corrected chi connectivity index (χ3v) is 3.24. The summed E-state index contributed by atoms with van der Waals surface area (Å²) in [6.07, 6.45) is 3.39. The van der Waals surface area contributed by atoms with Crippen LogP contribution in [0.4, 0.5) is 4.39 Å². The van der Waals surface area contributed by atoms with Crippen molar-refractivity contribution in [1.82, 2.24) is 4.98 Å². The van der Waals surface area contributed by atoms with Crippen LogP contribution in [0.3, 0.4) is 0 Å². The van der Waals surface area contributed by atoms with Crippen molar-refractivity contribution in [2.45, 2.75) is 6.61 Å². The zero-order valence-electron chi connectivity index (χ0n) is 12.7. The quantitative estimate of drug-likeness (QED) is 0.525. The topological polar surface area (TPSA) is 48.4 Å². The molecule has 0 unspecified atom stereocenters. The van der Waals surface area contributed by atoms with E-state index in [1.165, 1.54) is 18.2 Å². The summed E-state index contributed by atoms with van der Waals surface area (Å²) in [5.74, 6) is -0.826. The third kappa shape index (κ3) is 3.95. The number of pyridine rings is 1. The van der Waals surface area contributed by atoms with Gasteiger partial charge in [-0.1, -0.05) is 24.3 Å². The molecule has 2 aromatic carbocycles. The Hall–Kier alpha value is -3.21. The smallest absolute Gasteiger partial charge is 0.343 e. The number of esters is 1. The number of para-hydroxylation sites is 1. The molecule has 0 saturated carbocycles. The lowest BCUT2D eigenvalue weighted by Gasteiger charge is -2.08. The maximum atomic E-state index is 13.5. The number of carbonyl (C=O) groups is 1. The van der Waals surface area contributed by atoms with Crippen LogP contribution in [0.5, 0.6) is 11.5 Å². The second-order valence-electron chi connectivity index (χ2n) is 5.00. The van der Waals surface area contributed by atoms with Crippen molar-refractivity contribution in [3.8, 4) is 11.5 Å². The molecule has 5 heteroatoms. The number of benzene rings is 2. The minimum Gasteiger partial charge on any atom is -0.489 e. The average molecular weight is 323 g/mol. The molecule has 0 spiro atoms. The Balaban J connectivity index is 1.68. The highest BCUT2D eigenvalue weighted by molar-refractivity contribution is 5.91. The van der Waals surface area contributed by atoms with E-state index in [-0.39, 0.29) is 11.3 Å². The van der Waals surface area contributed by atoms with E-state index in [1.807, 2.05) is 12.1 Å². The van der Waals surface area contributed by atoms with Gasteiger partial charge in [-0.2, -0.15) is 0 Å². The molecule has 1 heterocycles. The Labute approximate surface area is 138 Å². The highest BCUT2D eigenvalue weighted by Crippen LogP contribution is 2.19. The molecule has 4 nitrogen and oxygen atoms in total. The van der Waals surface area contributed by atoms with Gasteiger partial charge in [-0.15, -0.1) is 0 Å². The molecule has 1 aromatic heterocycles. The second kappa shape index (κ2) is 7.37. The van der Waals surface area contributed by atoms with E-state index in [0.29, 0.717) is 12.4 Å². The third-order valence-electron chi connectivity index (χ3n) is 3.24. The summed E-state index contributed by atoms with van der Waals surface area (Å²) >= 11 is 0. The predicted molar refractivity (Wildman–Crippen MR) is 86.4 cm³/mol. The van der Waals surface area contributed by atoms with Crippen molar-refractivity contribution in [2.24, 2.45) is 0 Å². The van der Waals surface area contributed by atoms with Crippen molar-refractivity contribution in [2.75, 3.05) is 0 Å². The van der Waals surface area contributed by atoms with Crippen LogP contribution < -0.4 is 9.47 Å². The molecule has 0 saturated heterocycles. The Morgan fingerprint density at radius 3 is 2.71 bits per heavy atom. The number of carbonyl (C=O) groups excluding carboxylic acids is 1. The first-order valence-corrected chi connectivity index (χ1v) is 7.31. The molecule has 0 radical (unpaired) electrons. The Kier molecular flexibility index (Phi) is 4.81. The van der Waals surface area contributed by atoms with E-state index in [9.17, 15) is 9.18 Å². The van der Waals surface area contributed by atoms with Crippen molar-refractivity contribution in [1.29, 1.82) is 0 Å². The van der Waals surface area contributed by atoms with Crippen molar-refractivity contribution >= 4 is 5.97 Å². The fourth-order valence-corrected chi connectivity index (χ4v) is 2.05. The first kappa shape index (κ1) is 15.7. The van der Waals surface area contributed by atoms with E-state index in [0.717, 1.165) is 5.56 Å². The number of halogens is 1. The summed E-state index contributed by atoms with van der Waals surface area (Å²) < 4.78 is 24.3. The van der Waals surface area contributed by atoms with Crippen molar-refractivity contribution in [3.05, 3.63) is 90.0 Å². The molecule has 0 aliphatic carbocycles. The van der Waals surface area contributed by atoms with Gasteiger partial charge in [-0.05, 0) is 36.4 Å². The molecule has 0 bridgehead atoms. The number of hydrogen-bond donors (Lipinski definition) is 0. The summed E-state index contributed by atoms with van der Waals surface area (Å²) in [5, 5.41) is 0. The minimum absolute atomic E-state index is 0.107. The molecule has 0 N–H and O–H groups in total. The summed E-state index contributed by atoms with van der Waals surface area (Å²) in [7, 11) is 0. The Morgan fingerprint density at radius 2 is 1.92 bits per heavy atom. The molecule has 0 amide bonds. The van der Waals surface area contributed by atoms with Crippen LogP contribution in [0.1, 0.15) is 15.9 Å². The molecule has 24 heavy (non-hydrogen) atoms. The second-order valence-corrected chi connectivity index (χ2v) is 5.00. The molecule has 3 aromatic rings. The molecule has 120 valence electrons. The van der Waals surface area contributed by atoms with Gasteiger partial charge in [0.2, 0.25) is 0 Å². The fourth-order valence-electron chi connectivity index (χ4n) is 2.05. The van der Waals surface area contributed by atoms with Gasteiger partial charge in [-0.25, -0.2) is 9.18 Å². The molecule has 0 aliphatic heterocycles. The number of rotatable bonds is 5. The number of hydrogen-bond acceptors (Lipinski definition) is 4. The molecule has 0 aliphatic rings. The Bertz CT molecular complexity index is 837. The Morgan fingerprint density at radius 1 is 1.04 bits per heavy atom. The maximum Gasteiger partial charge on any atom is 0.343 e. The lowest BCUT2D eigenvalue weighted by atomic mass is 10.2. The van der Waals surface area contributed by atoms with E-state index in [1.54, 1.807) is 42.7 Å². The highest BCUT2D eigenvalue weighted by atomic mass is 19.1.